The van der Waals surface area contributed by atoms with Crippen molar-refractivity contribution in [1.29, 1.82) is 0 Å². The number of nitrogens with zero attached hydrogens (tertiary/aromatic N) is 2. The smallest absolute Gasteiger partial charge is 0.261 e. The van der Waals surface area contributed by atoms with Crippen LogP contribution >= 0.6 is 27.5 Å². The molecular formula is C12H9BrClN3O3. The number of aromatic hydroxyl groups is 1. The van der Waals surface area contributed by atoms with Crippen LogP contribution in [0.5, 0.6) is 11.6 Å². The van der Waals surface area contributed by atoms with Gasteiger partial charge in [-0.05, 0) is 18.2 Å². The summed E-state index contributed by atoms with van der Waals surface area (Å²) < 4.78 is 5.58. The lowest BCUT2D eigenvalue weighted by Crippen LogP contribution is -2.14. The number of rotatable bonds is 3. The number of hydrogen-bond acceptors (Lipinski definition) is 5. The number of carbonyl (C=O) groups excluding carboxylic acids is 1. The number of methoxy groups -OCH3 is 1. The molecule has 0 saturated heterocycles. The first-order chi connectivity index (χ1) is 9.49. The number of phenols is 1. The minimum Gasteiger partial charge on any atom is -0.507 e. The normalized spacial score (nSPS) is 10.2. The van der Waals surface area contributed by atoms with Crippen molar-refractivity contribution in [3.05, 3.63) is 39.5 Å². The fourth-order valence-corrected chi connectivity index (χ4v) is 1.95. The third kappa shape index (κ3) is 3.37. The predicted octanol–water partition coefficient (Wildman–Crippen LogP) is 2.86. The van der Waals surface area contributed by atoms with Crippen molar-refractivity contribution in [2.45, 2.75) is 0 Å². The molecule has 0 aliphatic rings. The highest BCUT2D eigenvalue weighted by Crippen LogP contribution is 2.23. The number of amides is 1. The van der Waals surface area contributed by atoms with Crippen molar-refractivity contribution in [1.82, 2.24) is 9.97 Å². The molecule has 1 aromatic heterocycles. The molecule has 2 N–H and O–H groups in total. The third-order valence-electron chi connectivity index (χ3n) is 2.31. The van der Waals surface area contributed by atoms with Gasteiger partial charge in [0.2, 0.25) is 11.8 Å². The number of anilines is 1. The number of phenolic OH excluding ortho intramolecular Hbond substituents is 1. The first-order valence-corrected chi connectivity index (χ1v) is 6.55. The lowest BCUT2D eigenvalue weighted by molar-refractivity contribution is 0.102. The lowest BCUT2D eigenvalue weighted by Gasteiger charge is -2.07. The largest absolute Gasteiger partial charge is 0.507 e. The van der Waals surface area contributed by atoms with Crippen molar-refractivity contribution >= 4 is 39.4 Å². The fraction of sp³-hybridized carbons (Fsp3) is 0.0833. The van der Waals surface area contributed by atoms with Crippen LogP contribution in [0.2, 0.25) is 5.15 Å². The Labute approximate surface area is 127 Å². The Kier molecular flexibility index (Phi) is 4.41. The van der Waals surface area contributed by atoms with Gasteiger partial charge >= 0.3 is 0 Å². The summed E-state index contributed by atoms with van der Waals surface area (Å²) in [7, 11) is 1.42. The molecule has 0 unspecified atom stereocenters. The Balaban J connectivity index is 2.27. The molecule has 1 heterocycles. The second-order valence-electron chi connectivity index (χ2n) is 3.67. The van der Waals surface area contributed by atoms with E-state index >= 15 is 0 Å². The van der Waals surface area contributed by atoms with Crippen LogP contribution in [0.3, 0.4) is 0 Å². The maximum Gasteiger partial charge on any atom is 0.261 e. The van der Waals surface area contributed by atoms with Gasteiger partial charge in [0, 0.05) is 10.5 Å². The zero-order valence-corrected chi connectivity index (χ0v) is 12.6. The molecule has 20 heavy (non-hydrogen) atoms. The number of halogens is 2. The number of hydrogen-bond donors (Lipinski definition) is 2. The van der Waals surface area contributed by atoms with Gasteiger partial charge in [-0.15, -0.1) is 0 Å². The summed E-state index contributed by atoms with van der Waals surface area (Å²) in [4.78, 5) is 19.8. The second kappa shape index (κ2) is 6.06. The number of carbonyl (C=O) groups is 1. The van der Waals surface area contributed by atoms with Gasteiger partial charge in [-0.25, -0.2) is 4.98 Å². The highest BCUT2D eigenvalue weighted by Gasteiger charge is 2.14. The van der Waals surface area contributed by atoms with E-state index in [1.807, 2.05) is 0 Å². The van der Waals surface area contributed by atoms with Gasteiger partial charge < -0.3 is 9.84 Å². The Hall–Kier alpha value is -1.86. The lowest BCUT2D eigenvalue weighted by atomic mass is 10.2. The molecular weight excluding hydrogens is 350 g/mol. The standard InChI is InChI=1S/C12H9BrClN3O3/c1-20-10-5-9(14)15-12(16-10)17-11(19)7-4-6(13)2-3-8(7)18/h2-5,18H,1H3,(H,15,16,17,19). The van der Waals surface area contributed by atoms with E-state index in [1.54, 1.807) is 6.07 Å². The maximum atomic E-state index is 12.0. The minimum atomic E-state index is -0.562. The number of nitrogens with one attached hydrogen (secondary N) is 1. The highest BCUT2D eigenvalue weighted by molar-refractivity contribution is 9.10. The van der Waals surface area contributed by atoms with Crippen LogP contribution in [0.15, 0.2) is 28.7 Å². The molecule has 0 spiro atoms. The molecule has 0 bridgehead atoms. The summed E-state index contributed by atoms with van der Waals surface area (Å²) in [5.74, 6) is -0.509. The van der Waals surface area contributed by atoms with Crippen LogP contribution in [-0.4, -0.2) is 28.1 Å². The van der Waals surface area contributed by atoms with Crippen LogP contribution in [0.4, 0.5) is 5.95 Å². The van der Waals surface area contributed by atoms with Gasteiger partial charge in [0.05, 0.1) is 12.7 Å². The minimum absolute atomic E-state index is 0.0151. The van der Waals surface area contributed by atoms with Gasteiger partial charge in [0.25, 0.3) is 5.91 Å². The molecule has 2 aromatic rings. The Morgan fingerprint density at radius 3 is 2.85 bits per heavy atom. The summed E-state index contributed by atoms with van der Waals surface area (Å²) >= 11 is 9.00. The van der Waals surface area contributed by atoms with Crippen LogP contribution in [-0.2, 0) is 0 Å². The SMILES string of the molecule is COc1cc(Cl)nc(NC(=O)c2cc(Br)ccc2O)n1. The predicted molar refractivity (Wildman–Crippen MR) is 77.4 cm³/mol. The molecule has 0 saturated carbocycles. The zero-order valence-electron chi connectivity index (χ0n) is 10.2. The quantitative estimate of drug-likeness (QED) is 0.824. The van der Waals surface area contributed by atoms with E-state index in [2.05, 4.69) is 31.2 Å². The van der Waals surface area contributed by atoms with Gasteiger partial charge in [0.15, 0.2) is 0 Å². The third-order valence-corrected chi connectivity index (χ3v) is 3.00. The first-order valence-electron chi connectivity index (χ1n) is 5.38. The van der Waals surface area contributed by atoms with Crippen LogP contribution in [0, 0.1) is 0 Å². The molecule has 1 amide bonds. The van der Waals surface area contributed by atoms with Crippen LogP contribution < -0.4 is 10.1 Å². The first kappa shape index (κ1) is 14.5. The fourth-order valence-electron chi connectivity index (χ4n) is 1.42. The number of benzene rings is 1. The highest BCUT2D eigenvalue weighted by atomic mass is 79.9. The summed E-state index contributed by atoms with van der Waals surface area (Å²) in [6.07, 6.45) is 0. The van der Waals surface area contributed by atoms with Gasteiger partial charge in [0.1, 0.15) is 10.9 Å². The second-order valence-corrected chi connectivity index (χ2v) is 4.98. The summed E-state index contributed by atoms with van der Waals surface area (Å²) in [5, 5.41) is 12.2. The molecule has 0 atom stereocenters. The molecule has 8 heteroatoms. The molecule has 104 valence electrons. The van der Waals surface area contributed by atoms with Crippen LogP contribution in [0.1, 0.15) is 10.4 Å². The Morgan fingerprint density at radius 1 is 1.40 bits per heavy atom. The Bertz CT molecular complexity index is 666. The Morgan fingerprint density at radius 2 is 2.15 bits per heavy atom. The van der Waals surface area contributed by atoms with E-state index in [9.17, 15) is 9.90 Å². The number of aromatic nitrogens is 2. The van der Waals surface area contributed by atoms with E-state index < -0.39 is 5.91 Å². The van der Waals surface area contributed by atoms with E-state index in [1.165, 1.54) is 25.3 Å². The molecule has 6 nitrogen and oxygen atoms in total. The van der Waals surface area contributed by atoms with E-state index in [-0.39, 0.29) is 28.3 Å². The molecule has 1 aromatic carbocycles. The molecule has 0 fully saturated rings. The van der Waals surface area contributed by atoms with E-state index in [4.69, 9.17) is 16.3 Å². The van der Waals surface area contributed by atoms with Crippen molar-refractivity contribution in [3.8, 4) is 11.6 Å². The molecule has 0 aliphatic carbocycles. The van der Waals surface area contributed by atoms with E-state index in [0.717, 1.165) is 0 Å². The average Bonchev–Trinajstić information content (AvgIpc) is 2.40. The van der Waals surface area contributed by atoms with Gasteiger partial charge in [-0.1, -0.05) is 27.5 Å². The molecule has 0 aliphatic heterocycles. The van der Waals surface area contributed by atoms with E-state index in [0.29, 0.717) is 4.47 Å². The molecule has 2 rings (SSSR count). The topological polar surface area (TPSA) is 84.3 Å². The van der Waals surface area contributed by atoms with Crippen molar-refractivity contribution in [2.24, 2.45) is 0 Å². The van der Waals surface area contributed by atoms with Gasteiger partial charge in [-0.3, -0.25) is 10.1 Å². The van der Waals surface area contributed by atoms with Crippen molar-refractivity contribution < 1.29 is 14.6 Å². The molecule has 0 radical (unpaired) electrons. The zero-order chi connectivity index (χ0) is 14.7. The van der Waals surface area contributed by atoms with Crippen molar-refractivity contribution in [3.63, 3.8) is 0 Å². The van der Waals surface area contributed by atoms with Crippen LogP contribution in [0.25, 0.3) is 0 Å². The summed E-state index contributed by atoms with van der Waals surface area (Å²) in [6, 6.07) is 5.91. The maximum absolute atomic E-state index is 12.0. The average molecular weight is 359 g/mol. The van der Waals surface area contributed by atoms with Gasteiger partial charge in [-0.2, -0.15) is 4.98 Å². The summed E-state index contributed by atoms with van der Waals surface area (Å²) in [6.45, 7) is 0. The monoisotopic (exact) mass is 357 g/mol. The summed E-state index contributed by atoms with van der Waals surface area (Å²) in [5.41, 5.74) is 0.0851. The number of ether oxygens (including phenoxy) is 1. The van der Waals surface area contributed by atoms with Crippen molar-refractivity contribution in [2.75, 3.05) is 12.4 Å².